The van der Waals surface area contributed by atoms with E-state index in [0.717, 1.165) is 29.6 Å². The van der Waals surface area contributed by atoms with Gasteiger partial charge in [-0.15, -0.1) is 0 Å². The zero-order valence-corrected chi connectivity index (χ0v) is 15.2. The maximum atomic E-state index is 11.2. The highest BCUT2D eigenvalue weighted by atomic mass is 32.1. The van der Waals surface area contributed by atoms with Crippen molar-refractivity contribution < 1.29 is 9.90 Å². The minimum absolute atomic E-state index is 0.303. The number of aromatic nitrogens is 2. The van der Waals surface area contributed by atoms with Crippen LogP contribution in [0.2, 0.25) is 0 Å². The van der Waals surface area contributed by atoms with Gasteiger partial charge >= 0.3 is 5.97 Å². The van der Waals surface area contributed by atoms with E-state index in [9.17, 15) is 4.79 Å². The summed E-state index contributed by atoms with van der Waals surface area (Å²) in [6.07, 6.45) is 7.22. The summed E-state index contributed by atoms with van der Waals surface area (Å²) >= 11 is 5.70. The molecular weight excluding hydrogens is 344 g/mol. The molecule has 1 unspecified atom stereocenters. The summed E-state index contributed by atoms with van der Waals surface area (Å²) in [6.45, 7) is 0.580. The Morgan fingerprint density at radius 1 is 1.12 bits per heavy atom. The summed E-state index contributed by atoms with van der Waals surface area (Å²) in [6, 6.07) is 16.0. The Balaban J connectivity index is 1.57. The van der Waals surface area contributed by atoms with Gasteiger partial charge < -0.3 is 14.2 Å². The van der Waals surface area contributed by atoms with Gasteiger partial charge in [0.25, 0.3) is 0 Å². The molecule has 26 heavy (non-hydrogen) atoms. The number of fused-ring (bicyclic) bond motifs is 1. The van der Waals surface area contributed by atoms with Crippen LogP contribution in [-0.2, 0) is 19.4 Å². The molecule has 0 spiro atoms. The maximum Gasteiger partial charge on any atom is 0.335 e. The first-order chi connectivity index (χ1) is 12.6. The number of imidazole rings is 1. The predicted molar refractivity (Wildman–Crippen MR) is 103 cm³/mol. The third-order valence-electron chi connectivity index (χ3n) is 5.11. The smallest absolute Gasteiger partial charge is 0.335 e. The van der Waals surface area contributed by atoms with Crippen molar-refractivity contribution in [3.05, 3.63) is 87.9 Å². The Labute approximate surface area is 157 Å². The van der Waals surface area contributed by atoms with Crippen molar-refractivity contribution in [2.75, 3.05) is 0 Å². The van der Waals surface area contributed by atoms with Crippen molar-refractivity contribution in [2.24, 2.45) is 0 Å². The Morgan fingerprint density at radius 2 is 1.92 bits per heavy atom. The molecule has 0 radical (unpaired) electrons. The minimum atomic E-state index is -0.908. The molecule has 0 saturated carbocycles. The molecule has 1 aliphatic carbocycles. The van der Waals surface area contributed by atoms with Crippen LogP contribution in [-0.4, -0.2) is 20.2 Å². The summed E-state index contributed by atoms with van der Waals surface area (Å²) in [5.74, 6) is -0.908. The maximum absolute atomic E-state index is 11.2. The molecule has 4 rings (SSSR count). The topological polar surface area (TPSA) is 47.2 Å². The van der Waals surface area contributed by atoms with Gasteiger partial charge in [0.05, 0.1) is 5.56 Å². The summed E-state index contributed by atoms with van der Waals surface area (Å²) in [4.78, 5) is 11.2. The van der Waals surface area contributed by atoms with E-state index in [1.54, 1.807) is 18.2 Å². The fraction of sp³-hybridized carbons (Fsp3) is 0.238. The third kappa shape index (κ3) is 3.22. The minimum Gasteiger partial charge on any atom is -0.478 e. The number of hydrogen-bond acceptors (Lipinski definition) is 2. The number of carbonyl (C=O) groups is 1. The van der Waals surface area contributed by atoms with Gasteiger partial charge in [-0.25, -0.2) is 4.79 Å². The molecule has 1 atom stereocenters. The van der Waals surface area contributed by atoms with Crippen LogP contribution in [0.4, 0.5) is 0 Å². The fourth-order valence-electron chi connectivity index (χ4n) is 3.74. The first kappa shape index (κ1) is 16.8. The summed E-state index contributed by atoms with van der Waals surface area (Å²) in [5.41, 5.74) is 4.10. The lowest BCUT2D eigenvalue weighted by atomic mass is 9.88. The monoisotopic (exact) mass is 364 g/mol. The van der Waals surface area contributed by atoms with Crippen LogP contribution in [0.15, 0.2) is 60.9 Å². The van der Waals surface area contributed by atoms with E-state index in [-0.39, 0.29) is 0 Å². The van der Waals surface area contributed by atoms with Crippen LogP contribution >= 0.6 is 12.2 Å². The normalized spacial score (nSPS) is 16.2. The molecule has 1 aliphatic rings. The van der Waals surface area contributed by atoms with Crippen LogP contribution in [0.1, 0.15) is 39.5 Å². The quantitative estimate of drug-likeness (QED) is 0.694. The molecule has 0 amide bonds. The third-order valence-corrected chi connectivity index (χ3v) is 5.56. The highest BCUT2D eigenvalue weighted by Gasteiger charge is 2.20. The van der Waals surface area contributed by atoms with Gasteiger partial charge in [0.2, 0.25) is 0 Å². The number of aryl methyl sites for hydroxylation is 1. The lowest BCUT2D eigenvalue weighted by Gasteiger charge is -2.25. The van der Waals surface area contributed by atoms with Gasteiger partial charge in [-0.2, -0.15) is 0 Å². The van der Waals surface area contributed by atoms with Crippen molar-refractivity contribution in [1.82, 2.24) is 9.13 Å². The molecule has 1 heterocycles. The number of carboxylic acids is 1. The summed E-state index contributed by atoms with van der Waals surface area (Å²) in [7, 11) is 0. The second kappa shape index (κ2) is 6.92. The second-order valence-electron chi connectivity index (χ2n) is 6.79. The van der Waals surface area contributed by atoms with E-state index in [0.29, 0.717) is 18.2 Å². The Hall–Kier alpha value is -2.66. The van der Waals surface area contributed by atoms with Crippen molar-refractivity contribution in [3.63, 3.8) is 0 Å². The SMILES string of the molecule is O=C(O)c1cccc(Cn2ccn(C3CCc4ccccc4C3)c2=S)c1. The van der Waals surface area contributed by atoms with Crippen LogP contribution in [0, 0.1) is 4.77 Å². The summed E-state index contributed by atoms with van der Waals surface area (Å²) < 4.78 is 4.98. The second-order valence-corrected chi connectivity index (χ2v) is 7.15. The van der Waals surface area contributed by atoms with Gasteiger partial charge in [0.15, 0.2) is 4.77 Å². The largest absolute Gasteiger partial charge is 0.478 e. The van der Waals surface area contributed by atoms with Gasteiger partial charge in [-0.3, -0.25) is 0 Å². The van der Waals surface area contributed by atoms with E-state index in [4.69, 9.17) is 17.3 Å². The summed E-state index contributed by atoms with van der Waals surface area (Å²) in [5, 5.41) is 9.15. The van der Waals surface area contributed by atoms with Gasteiger partial charge in [0, 0.05) is 25.0 Å². The number of benzene rings is 2. The molecule has 1 aromatic heterocycles. The predicted octanol–water partition coefficient (Wildman–Crippen LogP) is 4.50. The van der Waals surface area contributed by atoms with E-state index in [1.165, 1.54) is 11.1 Å². The van der Waals surface area contributed by atoms with Crippen molar-refractivity contribution in [2.45, 2.75) is 31.8 Å². The lowest BCUT2D eigenvalue weighted by molar-refractivity contribution is 0.0696. The molecule has 0 saturated heterocycles. The zero-order chi connectivity index (χ0) is 18.1. The molecule has 0 fully saturated rings. The lowest BCUT2D eigenvalue weighted by Crippen LogP contribution is -2.18. The molecule has 0 aliphatic heterocycles. The number of nitrogens with zero attached hydrogens (tertiary/aromatic N) is 2. The Kier molecular flexibility index (Phi) is 4.47. The number of rotatable bonds is 4. The van der Waals surface area contributed by atoms with Crippen molar-refractivity contribution in [1.29, 1.82) is 0 Å². The highest BCUT2D eigenvalue weighted by molar-refractivity contribution is 7.71. The Morgan fingerprint density at radius 3 is 2.73 bits per heavy atom. The molecular formula is C21H20N2O2S. The number of aromatic carboxylic acids is 1. The average Bonchev–Trinajstić information content (AvgIpc) is 3.02. The molecule has 1 N–H and O–H groups in total. The van der Waals surface area contributed by atoms with E-state index in [1.807, 2.05) is 16.8 Å². The fourth-order valence-corrected chi connectivity index (χ4v) is 4.08. The standard InChI is InChI=1S/C21H20N2O2S/c24-20(25)18-7-3-4-15(12-18)14-22-10-11-23(21(22)26)19-9-8-16-5-1-2-6-17(16)13-19/h1-7,10-12,19H,8-9,13-14H2,(H,24,25). The van der Waals surface area contributed by atoms with Crippen LogP contribution in [0.25, 0.3) is 0 Å². The molecule has 2 aromatic carbocycles. The molecule has 4 nitrogen and oxygen atoms in total. The van der Waals surface area contributed by atoms with Gasteiger partial charge in [-0.1, -0.05) is 36.4 Å². The molecule has 3 aromatic rings. The van der Waals surface area contributed by atoms with E-state index >= 15 is 0 Å². The zero-order valence-electron chi connectivity index (χ0n) is 14.3. The van der Waals surface area contributed by atoms with Crippen LogP contribution in [0.3, 0.4) is 0 Å². The van der Waals surface area contributed by atoms with E-state index < -0.39 is 5.97 Å². The Bertz CT molecular complexity index is 1020. The highest BCUT2D eigenvalue weighted by Crippen LogP contribution is 2.29. The molecule has 5 heteroatoms. The van der Waals surface area contributed by atoms with Gasteiger partial charge in [0.1, 0.15) is 0 Å². The van der Waals surface area contributed by atoms with Crippen LogP contribution in [0.5, 0.6) is 0 Å². The van der Waals surface area contributed by atoms with Crippen molar-refractivity contribution in [3.8, 4) is 0 Å². The first-order valence-electron chi connectivity index (χ1n) is 8.78. The average molecular weight is 364 g/mol. The van der Waals surface area contributed by atoms with Gasteiger partial charge in [-0.05, 0) is 60.3 Å². The first-order valence-corrected chi connectivity index (χ1v) is 9.19. The van der Waals surface area contributed by atoms with Crippen molar-refractivity contribution >= 4 is 18.2 Å². The molecule has 0 bridgehead atoms. The van der Waals surface area contributed by atoms with Crippen LogP contribution < -0.4 is 0 Å². The molecule has 132 valence electrons. The van der Waals surface area contributed by atoms with E-state index in [2.05, 4.69) is 35.0 Å². The number of hydrogen-bond donors (Lipinski definition) is 1. The number of carboxylic acid groups (broad SMARTS) is 1.